The third-order valence-electron chi connectivity index (χ3n) is 6.10. The van der Waals surface area contributed by atoms with Crippen LogP contribution < -0.4 is 15.0 Å². The summed E-state index contributed by atoms with van der Waals surface area (Å²) in [6, 6.07) is 5.33. The number of hydrogen-bond acceptors (Lipinski definition) is 4. The molecule has 8 heteroatoms. The highest BCUT2D eigenvalue weighted by Gasteiger charge is 2.37. The topological polar surface area (TPSA) is 80.1 Å². The number of anilines is 1. The van der Waals surface area contributed by atoms with Gasteiger partial charge >= 0.3 is 0 Å². The van der Waals surface area contributed by atoms with E-state index in [2.05, 4.69) is 5.32 Å². The predicted octanol–water partition coefficient (Wildman–Crippen LogP) is 1.12. The molecule has 1 aromatic carbocycles. The number of sulfonamides is 1. The van der Waals surface area contributed by atoms with E-state index in [0.29, 0.717) is 18.3 Å². The minimum Gasteiger partial charge on any atom is -0.495 e. The lowest BCUT2D eigenvalue weighted by Gasteiger charge is -2.40. The Kier molecular flexibility index (Phi) is 6.62. The highest BCUT2D eigenvalue weighted by atomic mass is 32.2. The van der Waals surface area contributed by atoms with Gasteiger partial charge in [0.05, 0.1) is 19.7 Å². The van der Waals surface area contributed by atoms with E-state index in [1.54, 1.807) is 12.1 Å². The first-order valence-corrected chi connectivity index (χ1v) is 11.5. The number of fused-ring (bicyclic) bond motifs is 1. The summed E-state index contributed by atoms with van der Waals surface area (Å²) in [4.78, 5) is 14.1. The lowest BCUT2D eigenvalue weighted by molar-refractivity contribution is -0.928. The van der Waals surface area contributed by atoms with Crippen molar-refractivity contribution in [3.8, 4) is 5.75 Å². The molecule has 2 aliphatic rings. The molecule has 2 fully saturated rings. The lowest BCUT2D eigenvalue weighted by atomic mass is 9.78. The van der Waals surface area contributed by atoms with E-state index in [1.165, 1.54) is 70.7 Å². The minimum atomic E-state index is -3.67. The van der Waals surface area contributed by atoms with Gasteiger partial charge in [0.15, 0.2) is 6.54 Å². The number of quaternary nitrogens is 1. The van der Waals surface area contributed by atoms with Crippen LogP contribution >= 0.6 is 0 Å². The Hall–Kier alpha value is -1.64. The first kappa shape index (κ1) is 21.1. The first-order chi connectivity index (χ1) is 13.3. The van der Waals surface area contributed by atoms with Gasteiger partial charge in [-0.15, -0.1) is 0 Å². The number of nitrogens with one attached hydrogen (secondary N) is 2. The molecular weight excluding hydrogens is 378 g/mol. The Balaban J connectivity index is 1.72. The van der Waals surface area contributed by atoms with Crippen LogP contribution in [0.1, 0.15) is 38.5 Å². The largest absolute Gasteiger partial charge is 0.495 e. The smallest absolute Gasteiger partial charge is 0.279 e. The molecule has 1 saturated heterocycles. The van der Waals surface area contributed by atoms with Crippen LogP contribution in [0.3, 0.4) is 0 Å². The quantitative estimate of drug-likeness (QED) is 0.737. The number of hydrogen-bond donors (Lipinski definition) is 2. The summed E-state index contributed by atoms with van der Waals surface area (Å²) in [5, 5.41) is 2.89. The average Bonchev–Trinajstić information content (AvgIpc) is 2.68. The molecule has 1 amide bonds. The van der Waals surface area contributed by atoms with Crippen LogP contribution in [0.5, 0.6) is 5.75 Å². The van der Waals surface area contributed by atoms with Crippen molar-refractivity contribution in [2.24, 2.45) is 5.92 Å². The lowest BCUT2D eigenvalue weighted by Crippen LogP contribution is -3.18. The molecule has 0 spiro atoms. The summed E-state index contributed by atoms with van der Waals surface area (Å²) in [7, 11) is 0.709. The normalized spacial score (nSPS) is 25.2. The van der Waals surface area contributed by atoms with E-state index in [1.807, 2.05) is 0 Å². The summed E-state index contributed by atoms with van der Waals surface area (Å²) < 4.78 is 31.4. The molecule has 7 nitrogen and oxygen atoms in total. The van der Waals surface area contributed by atoms with Gasteiger partial charge in [0, 0.05) is 25.7 Å². The number of carbonyl (C=O) groups excluding carboxylic acids is 1. The van der Waals surface area contributed by atoms with Crippen LogP contribution in [0.25, 0.3) is 0 Å². The molecular formula is C20H32N3O4S+. The molecule has 0 radical (unpaired) electrons. The van der Waals surface area contributed by atoms with Gasteiger partial charge in [-0.25, -0.2) is 12.7 Å². The number of benzene rings is 1. The fraction of sp³-hybridized carbons (Fsp3) is 0.650. The van der Waals surface area contributed by atoms with E-state index in [9.17, 15) is 13.2 Å². The van der Waals surface area contributed by atoms with Gasteiger partial charge in [-0.1, -0.05) is 6.42 Å². The predicted molar refractivity (Wildman–Crippen MR) is 108 cm³/mol. The van der Waals surface area contributed by atoms with Crippen molar-refractivity contribution in [2.75, 3.05) is 39.6 Å². The average molecular weight is 411 g/mol. The fourth-order valence-electron chi connectivity index (χ4n) is 4.65. The molecule has 156 valence electrons. The summed E-state index contributed by atoms with van der Waals surface area (Å²) in [6.45, 7) is 1.47. The van der Waals surface area contributed by atoms with Gasteiger partial charge in [-0.3, -0.25) is 4.79 Å². The van der Waals surface area contributed by atoms with Crippen molar-refractivity contribution in [3.05, 3.63) is 18.2 Å². The SMILES string of the molecule is COc1ccc(NC(=O)C[NH+]2CCC[C@@H]3CCCC[C@@H]32)cc1S(=O)(=O)N(C)C. The molecule has 1 aliphatic heterocycles. The second kappa shape index (κ2) is 8.80. The first-order valence-electron chi connectivity index (χ1n) is 10.1. The summed E-state index contributed by atoms with van der Waals surface area (Å²) in [5.41, 5.74) is 0.475. The Morgan fingerprint density at radius 2 is 1.93 bits per heavy atom. The monoisotopic (exact) mass is 410 g/mol. The van der Waals surface area contributed by atoms with E-state index >= 15 is 0 Å². The zero-order valence-corrected chi connectivity index (χ0v) is 17.8. The van der Waals surface area contributed by atoms with Gasteiger partial charge in [0.25, 0.3) is 5.91 Å². The highest BCUT2D eigenvalue weighted by molar-refractivity contribution is 7.89. The van der Waals surface area contributed by atoms with Crippen molar-refractivity contribution in [1.29, 1.82) is 0 Å². The maximum Gasteiger partial charge on any atom is 0.279 e. The molecule has 2 N–H and O–H groups in total. The maximum atomic E-state index is 12.7. The number of carbonyl (C=O) groups is 1. The Morgan fingerprint density at radius 1 is 1.21 bits per heavy atom. The molecule has 0 bridgehead atoms. The number of nitrogens with zero attached hydrogens (tertiary/aromatic N) is 1. The van der Waals surface area contributed by atoms with Crippen LogP contribution in [0.4, 0.5) is 5.69 Å². The van der Waals surface area contributed by atoms with E-state index in [0.717, 1.165) is 16.8 Å². The third kappa shape index (κ3) is 4.50. The summed E-state index contributed by atoms with van der Waals surface area (Å²) in [5.74, 6) is 0.945. The molecule has 1 unspecified atom stereocenters. The van der Waals surface area contributed by atoms with Gasteiger partial charge in [-0.2, -0.15) is 0 Å². The summed E-state index contributed by atoms with van der Waals surface area (Å²) in [6.07, 6.45) is 7.55. The minimum absolute atomic E-state index is 0.0514. The van der Waals surface area contributed by atoms with Crippen molar-refractivity contribution < 1.29 is 22.8 Å². The molecule has 1 saturated carbocycles. The van der Waals surface area contributed by atoms with Crippen LogP contribution in [0.2, 0.25) is 0 Å². The van der Waals surface area contributed by atoms with Crippen LogP contribution in [0.15, 0.2) is 23.1 Å². The Morgan fingerprint density at radius 3 is 2.64 bits per heavy atom. The second-order valence-corrected chi connectivity index (χ2v) is 10.2. The fourth-order valence-corrected chi connectivity index (χ4v) is 5.73. The standard InChI is InChI=1S/C20H31N3O4S/c1-22(2)28(25,26)19-13-16(10-11-18(19)27-3)21-20(24)14-23-12-6-8-15-7-4-5-9-17(15)23/h10-11,13,15,17H,4-9,12,14H2,1-3H3,(H,21,24)/p+1/t15-,17-/m0/s1. The highest BCUT2D eigenvalue weighted by Crippen LogP contribution is 2.29. The molecule has 1 aromatic rings. The number of rotatable bonds is 6. The van der Waals surface area contributed by atoms with Gasteiger partial charge in [-0.05, 0) is 50.3 Å². The summed E-state index contributed by atoms with van der Waals surface area (Å²) >= 11 is 0. The number of likely N-dealkylation sites (tertiary alicyclic amines) is 1. The van der Waals surface area contributed by atoms with Gasteiger partial charge in [0.2, 0.25) is 10.0 Å². The Labute approximate surface area is 168 Å². The molecule has 1 heterocycles. The maximum absolute atomic E-state index is 12.7. The van der Waals surface area contributed by atoms with Crippen molar-refractivity contribution >= 4 is 21.6 Å². The molecule has 1 aliphatic carbocycles. The zero-order valence-electron chi connectivity index (χ0n) is 17.0. The number of piperidine rings is 1. The molecule has 3 rings (SSSR count). The van der Waals surface area contributed by atoms with Crippen LogP contribution in [-0.4, -0.2) is 59.0 Å². The van der Waals surface area contributed by atoms with Gasteiger partial charge in [0.1, 0.15) is 10.6 Å². The van der Waals surface area contributed by atoms with Crippen molar-refractivity contribution in [1.82, 2.24) is 4.31 Å². The molecule has 3 atom stereocenters. The number of amides is 1. The molecule has 28 heavy (non-hydrogen) atoms. The van der Waals surface area contributed by atoms with E-state index < -0.39 is 10.0 Å². The van der Waals surface area contributed by atoms with Gasteiger partial charge < -0.3 is 15.0 Å². The van der Waals surface area contributed by atoms with Crippen LogP contribution in [0, 0.1) is 5.92 Å². The Bertz CT molecular complexity index is 808. The molecule has 0 aromatic heterocycles. The van der Waals surface area contributed by atoms with Crippen molar-refractivity contribution in [3.63, 3.8) is 0 Å². The third-order valence-corrected chi connectivity index (χ3v) is 7.94. The number of methoxy groups -OCH3 is 1. The zero-order chi connectivity index (χ0) is 20.3. The van der Waals surface area contributed by atoms with Crippen LogP contribution in [-0.2, 0) is 14.8 Å². The van der Waals surface area contributed by atoms with E-state index in [4.69, 9.17) is 4.74 Å². The second-order valence-electron chi connectivity index (χ2n) is 8.08. The van der Waals surface area contributed by atoms with Crippen molar-refractivity contribution in [2.45, 2.75) is 49.5 Å². The van der Waals surface area contributed by atoms with E-state index in [-0.39, 0.29) is 16.6 Å². The number of ether oxygens (including phenoxy) is 1.